The standard InChI is InChI=1S/C18H24O3/c1-3-5-12-20-17-10-11-18(21-13-14(19)4-2)16-9-7-6-8-15(16)17/h6-11,14,19H,3-5,12-13H2,1-2H3. The van der Waals surface area contributed by atoms with Crippen LogP contribution in [0.1, 0.15) is 33.1 Å². The number of hydrogen-bond acceptors (Lipinski definition) is 3. The first-order valence-corrected chi connectivity index (χ1v) is 7.71. The molecule has 1 unspecified atom stereocenters. The minimum Gasteiger partial charge on any atom is -0.493 e. The average Bonchev–Trinajstić information content (AvgIpc) is 2.53. The molecule has 0 aliphatic rings. The van der Waals surface area contributed by atoms with E-state index < -0.39 is 6.10 Å². The fraction of sp³-hybridized carbons (Fsp3) is 0.444. The van der Waals surface area contributed by atoms with Gasteiger partial charge in [0.15, 0.2) is 0 Å². The maximum absolute atomic E-state index is 9.64. The number of benzene rings is 2. The molecular formula is C18H24O3. The lowest BCUT2D eigenvalue weighted by Crippen LogP contribution is -2.16. The summed E-state index contributed by atoms with van der Waals surface area (Å²) < 4.78 is 11.6. The summed E-state index contributed by atoms with van der Waals surface area (Å²) in [5, 5.41) is 11.7. The second-order valence-corrected chi connectivity index (χ2v) is 5.18. The highest BCUT2D eigenvalue weighted by Crippen LogP contribution is 2.33. The molecule has 1 atom stereocenters. The van der Waals surface area contributed by atoms with Gasteiger partial charge in [-0.1, -0.05) is 44.5 Å². The van der Waals surface area contributed by atoms with Crippen LogP contribution in [-0.4, -0.2) is 24.4 Å². The Bertz CT molecular complexity index is 565. The highest BCUT2D eigenvalue weighted by atomic mass is 16.5. The van der Waals surface area contributed by atoms with E-state index in [1.165, 1.54) is 0 Å². The quantitative estimate of drug-likeness (QED) is 0.741. The lowest BCUT2D eigenvalue weighted by atomic mass is 10.1. The Morgan fingerprint density at radius 3 is 2.14 bits per heavy atom. The molecule has 21 heavy (non-hydrogen) atoms. The monoisotopic (exact) mass is 288 g/mol. The molecule has 0 saturated carbocycles. The SMILES string of the molecule is CCCCOc1ccc(OCC(O)CC)c2ccccc12. The highest BCUT2D eigenvalue weighted by molar-refractivity contribution is 5.93. The minimum absolute atomic E-state index is 0.316. The topological polar surface area (TPSA) is 38.7 Å². The third-order valence-electron chi connectivity index (χ3n) is 3.50. The normalized spacial score (nSPS) is 12.3. The molecule has 0 amide bonds. The van der Waals surface area contributed by atoms with E-state index >= 15 is 0 Å². The third kappa shape index (κ3) is 4.11. The highest BCUT2D eigenvalue weighted by Gasteiger charge is 2.09. The van der Waals surface area contributed by atoms with Crippen LogP contribution >= 0.6 is 0 Å². The summed E-state index contributed by atoms with van der Waals surface area (Å²) in [7, 11) is 0. The second kappa shape index (κ2) is 7.89. The summed E-state index contributed by atoms with van der Waals surface area (Å²) in [5.41, 5.74) is 0. The van der Waals surface area contributed by atoms with Crippen molar-refractivity contribution in [2.24, 2.45) is 0 Å². The van der Waals surface area contributed by atoms with Crippen LogP contribution in [0.5, 0.6) is 11.5 Å². The van der Waals surface area contributed by atoms with Gasteiger partial charge in [0.25, 0.3) is 0 Å². The summed E-state index contributed by atoms with van der Waals surface area (Å²) in [5.74, 6) is 1.68. The van der Waals surface area contributed by atoms with Gasteiger partial charge < -0.3 is 14.6 Å². The Morgan fingerprint density at radius 1 is 0.952 bits per heavy atom. The zero-order valence-corrected chi connectivity index (χ0v) is 12.8. The van der Waals surface area contributed by atoms with Crippen molar-refractivity contribution in [3.8, 4) is 11.5 Å². The predicted molar refractivity (Wildman–Crippen MR) is 86.1 cm³/mol. The molecule has 0 saturated heterocycles. The lowest BCUT2D eigenvalue weighted by Gasteiger charge is -2.15. The molecule has 114 valence electrons. The fourth-order valence-electron chi connectivity index (χ4n) is 2.13. The van der Waals surface area contributed by atoms with Gasteiger partial charge in [-0.2, -0.15) is 0 Å². The van der Waals surface area contributed by atoms with E-state index in [1.54, 1.807) is 0 Å². The van der Waals surface area contributed by atoms with Gasteiger partial charge in [0.1, 0.15) is 18.1 Å². The first-order chi connectivity index (χ1) is 10.3. The van der Waals surface area contributed by atoms with E-state index in [2.05, 4.69) is 6.92 Å². The summed E-state index contributed by atoms with van der Waals surface area (Å²) >= 11 is 0. The molecule has 2 aromatic carbocycles. The smallest absolute Gasteiger partial charge is 0.127 e. The van der Waals surface area contributed by atoms with E-state index in [0.29, 0.717) is 13.0 Å². The van der Waals surface area contributed by atoms with E-state index in [9.17, 15) is 5.11 Å². The lowest BCUT2D eigenvalue weighted by molar-refractivity contribution is 0.105. The van der Waals surface area contributed by atoms with Crippen molar-refractivity contribution >= 4 is 10.8 Å². The van der Waals surface area contributed by atoms with E-state index in [-0.39, 0.29) is 0 Å². The van der Waals surface area contributed by atoms with Gasteiger partial charge >= 0.3 is 0 Å². The van der Waals surface area contributed by atoms with Crippen LogP contribution in [0, 0.1) is 0 Å². The predicted octanol–water partition coefficient (Wildman–Crippen LogP) is 4.17. The molecule has 3 nitrogen and oxygen atoms in total. The molecular weight excluding hydrogens is 264 g/mol. The molecule has 0 radical (unpaired) electrons. The van der Waals surface area contributed by atoms with Crippen LogP contribution in [0.15, 0.2) is 36.4 Å². The van der Waals surface area contributed by atoms with Gasteiger partial charge in [-0.25, -0.2) is 0 Å². The van der Waals surface area contributed by atoms with Gasteiger partial charge in [-0.05, 0) is 25.0 Å². The molecule has 0 aliphatic carbocycles. The molecule has 0 aliphatic heterocycles. The number of unbranched alkanes of at least 4 members (excludes halogenated alkanes) is 1. The van der Waals surface area contributed by atoms with Gasteiger partial charge in [-0.3, -0.25) is 0 Å². The van der Waals surface area contributed by atoms with Gasteiger partial charge in [-0.15, -0.1) is 0 Å². The zero-order chi connectivity index (χ0) is 15.1. The van der Waals surface area contributed by atoms with Crippen LogP contribution in [0.3, 0.4) is 0 Å². The van der Waals surface area contributed by atoms with Crippen molar-refractivity contribution < 1.29 is 14.6 Å². The number of rotatable bonds is 8. The van der Waals surface area contributed by atoms with Crippen molar-refractivity contribution in [3.05, 3.63) is 36.4 Å². The molecule has 2 aromatic rings. The zero-order valence-electron chi connectivity index (χ0n) is 12.8. The number of aliphatic hydroxyl groups is 1. The van der Waals surface area contributed by atoms with Gasteiger partial charge in [0.05, 0.1) is 12.7 Å². The van der Waals surface area contributed by atoms with E-state index in [4.69, 9.17) is 9.47 Å². The van der Waals surface area contributed by atoms with Crippen LogP contribution in [0.2, 0.25) is 0 Å². The summed E-state index contributed by atoms with van der Waals surface area (Å²) in [6.07, 6.45) is 2.43. The maximum Gasteiger partial charge on any atom is 0.127 e. The van der Waals surface area contributed by atoms with E-state index in [1.807, 2.05) is 43.3 Å². The van der Waals surface area contributed by atoms with E-state index in [0.717, 1.165) is 41.7 Å². The van der Waals surface area contributed by atoms with Crippen molar-refractivity contribution in [2.45, 2.75) is 39.2 Å². The first kappa shape index (κ1) is 15.6. The maximum atomic E-state index is 9.64. The van der Waals surface area contributed by atoms with Crippen molar-refractivity contribution in [1.82, 2.24) is 0 Å². The fourth-order valence-corrected chi connectivity index (χ4v) is 2.13. The van der Waals surface area contributed by atoms with Crippen LogP contribution in [0.25, 0.3) is 10.8 Å². The number of aliphatic hydroxyl groups excluding tert-OH is 1. The Labute approximate surface area is 126 Å². The second-order valence-electron chi connectivity index (χ2n) is 5.18. The van der Waals surface area contributed by atoms with Gasteiger partial charge in [0.2, 0.25) is 0 Å². The number of hydrogen-bond donors (Lipinski definition) is 1. The van der Waals surface area contributed by atoms with Crippen LogP contribution in [0.4, 0.5) is 0 Å². The van der Waals surface area contributed by atoms with Crippen molar-refractivity contribution in [2.75, 3.05) is 13.2 Å². The minimum atomic E-state index is -0.427. The van der Waals surface area contributed by atoms with Gasteiger partial charge in [0, 0.05) is 10.8 Å². The summed E-state index contributed by atoms with van der Waals surface area (Å²) in [6, 6.07) is 11.9. The molecule has 3 heteroatoms. The summed E-state index contributed by atoms with van der Waals surface area (Å²) in [4.78, 5) is 0. The average molecular weight is 288 g/mol. The Balaban J connectivity index is 2.22. The van der Waals surface area contributed by atoms with Crippen molar-refractivity contribution in [1.29, 1.82) is 0 Å². The third-order valence-corrected chi connectivity index (χ3v) is 3.50. The molecule has 0 bridgehead atoms. The molecule has 0 aromatic heterocycles. The summed E-state index contributed by atoms with van der Waals surface area (Å²) in [6.45, 7) is 5.14. The molecule has 0 spiro atoms. The number of fused-ring (bicyclic) bond motifs is 1. The first-order valence-electron chi connectivity index (χ1n) is 7.71. The van der Waals surface area contributed by atoms with Crippen LogP contribution in [-0.2, 0) is 0 Å². The Kier molecular flexibility index (Phi) is 5.88. The number of ether oxygens (including phenoxy) is 2. The largest absolute Gasteiger partial charge is 0.493 e. The Hall–Kier alpha value is -1.74. The molecule has 2 rings (SSSR count). The molecule has 0 fully saturated rings. The van der Waals surface area contributed by atoms with Crippen LogP contribution < -0.4 is 9.47 Å². The molecule has 1 N–H and O–H groups in total. The molecule has 0 heterocycles. The Morgan fingerprint density at radius 2 is 1.57 bits per heavy atom. The van der Waals surface area contributed by atoms with Crippen molar-refractivity contribution in [3.63, 3.8) is 0 Å².